The summed E-state index contributed by atoms with van der Waals surface area (Å²) in [5.41, 5.74) is 1.30. The lowest BCUT2D eigenvalue weighted by molar-refractivity contribution is -0.120. The number of benzene rings is 1. The third-order valence-corrected chi connectivity index (χ3v) is 5.68. The maximum atomic E-state index is 12.4. The van der Waals surface area contributed by atoms with Gasteiger partial charge < -0.3 is 15.5 Å². The van der Waals surface area contributed by atoms with E-state index in [-0.39, 0.29) is 23.8 Å². The number of thiazole rings is 1. The van der Waals surface area contributed by atoms with E-state index in [4.69, 9.17) is 11.6 Å². The molecule has 1 saturated heterocycles. The van der Waals surface area contributed by atoms with E-state index in [1.165, 1.54) is 11.3 Å². The lowest BCUT2D eigenvalue weighted by Crippen LogP contribution is -2.47. The molecule has 2 heterocycles. The Balaban J connectivity index is 1.72. The Morgan fingerprint density at radius 1 is 1.38 bits per heavy atom. The Kier molecular flexibility index (Phi) is 5.20. The summed E-state index contributed by atoms with van der Waals surface area (Å²) in [4.78, 5) is 30.8. The van der Waals surface area contributed by atoms with Gasteiger partial charge in [-0.3, -0.25) is 9.59 Å². The number of carbonyl (C=O) groups excluding carboxylic acids is 2. The van der Waals surface area contributed by atoms with Gasteiger partial charge in [-0.1, -0.05) is 32.4 Å². The highest BCUT2D eigenvalue weighted by atomic mass is 35.5. The Morgan fingerprint density at radius 3 is 2.77 bits per heavy atom. The molecule has 2 aromatic rings. The van der Waals surface area contributed by atoms with Gasteiger partial charge in [-0.2, -0.15) is 0 Å². The van der Waals surface area contributed by atoms with Crippen LogP contribution < -0.4 is 15.5 Å². The quantitative estimate of drug-likeness (QED) is 0.840. The molecule has 1 fully saturated rings. The van der Waals surface area contributed by atoms with Crippen molar-refractivity contribution in [1.29, 1.82) is 0 Å². The highest BCUT2D eigenvalue weighted by Crippen LogP contribution is 2.30. The molecule has 3 rings (SSSR count). The zero-order valence-corrected chi connectivity index (χ0v) is 16.5. The Labute approximate surface area is 161 Å². The largest absolute Gasteiger partial charge is 0.359 e. The van der Waals surface area contributed by atoms with E-state index in [2.05, 4.69) is 36.4 Å². The first-order chi connectivity index (χ1) is 12.2. The highest BCUT2D eigenvalue weighted by Gasteiger charge is 2.21. The van der Waals surface area contributed by atoms with E-state index in [0.29, 0.717) is 28.7 Å². The fourth-order valence-corrected chi connectivity index (χ4v) is 3.77. The van der Waals surface area contributed by atoms with Crippen molar-refractivity contribution in [3.05, 3.63) is 39.3 Å². The molecule has 2 amide bonds. The second-order valence-electron chi connectivity index (χ2n) is 7.17. The van der Waals surface area contributed by atoms with Crippen LogP contribution in [-0.2, 0) is 10.2 Å². The van der Waals surface area contributed by atoms with E-state index in [1.54, 1.807) is 18.3 Å². The van der Waals surface area contributed by atoms with Crippen molar-refractivity contribution in [2.75, 3.05) is 29.9 Å². The molecule has 138 valence electrons. The number of rotatable bonds is 3. The van der Waals surface area contributed by atoms with Gasteiger partial charge in [0.15, 0.2) is 0 Å². The van der Waals surface area contributed by atoms with Crippen molar-refractivity contribution in [2.45, 2.75) is 26.2 Å². The maximum Gasteiger partial charge on any atom is 0.267 e. The Hall–Kier alpha value is -2.12. The molecule has 0 aliphatic carbocycles. The van der Waals surface area contributed by atoms with Crippen LogP contribution in [0.15, 0.2) is 24.4 Å². The van der Waals surface area contributed by atoms with Crippen molar-refractivity contribution in [3.8, 4) is 0 Å². The minimum Gasteiger partial charge on any atom is -0.359 e. The van der Waals surface area contributed by atoms with E-state index in [1.807, 2.05) is 11.0 Å². The molecule has 8 heteroatoms. The highest BCUT2D eigenvalue weighted by molar-refractivity contribution is 7.13. The SMILES string of the molecule is CC(C)(C)c1ncc(C(=O)Nc2ccc(N3CCNC(=O)C3)c(Cl)c2)s1. The van der Waals surface area contributed by atoms with E-state index >= 15 is 0 Å². The number of hydrogen-bond donors (Lipinski definition) is 2. The molecule has 1 aromatic heterocycles. The zero-order chi connectivity index (χ0) is 18.9. The molecule has 6 nitrogen and oxygen atoms in total. The van der Waals surface area contributed by atoms with Crippen molar-refractivity contribution in [1.82, 2.24) is 10.3 Å². The Bertz CT molecular complexity index is 844. The summed E-state index contributed by atoms with van der Waals surface area (Å²) < 4.78 is 0. The third-order valence-electron chi connectivity index (χ3n) is 3.96. The van der Waals surface area contributed by atoms with Crippen molar-refractivity contribution in [2.24, 2.45) is 0 Å². The minimum absolute atomic E-state index is 0.0236. The monoisotopic (exact) mass is 392 g/mol. The summed E-state index contributed by atoms with van der Waals surface area (Å²) in [7, 11) is 0. The number of anilines is 2. The van der Waals surface area contributed by atoms with Gasteiger partial charge in [-0.05, 0) is 18.2 Å². The lowest BCUT2D eigenvalue weighted by atomic mass is 9.98. The average molecular weight is 393 g/mol. The van der Waals surface area contributed by atoms with Crippen molar-refractivity contribution in [3.63, 3.8) is 0 Å². The summed E-state index contributed by atoms with van der Waals surface area (Å²) in [6.45, 7) is 7.76. The molecule has 0 saturated carbocycles. The van der Waals surface area contributed by atoms with Crippen LogP contribution >= 0.6 is 22.9 Å². The van der Waals surface area contributed by atoms with E-state index in [0.717, 1.165) is 10.7 Å². The fraction of sp³-hybridized carbons (Fsp3) is 0.389. The van der Waals surface area contributed by atoms with Gasteiger partial charge in [-0.25, -0.2) is 4.98 Å². The predicted molar refractivity (Wildman–Crippen MR) is 105 cm³/mol. The van der Waals surface area contributed by atoms with Gasteiger partial charge in [0, 0.05) is 24.2 Å². The summed E-state index contributed by atoms with van der Waals surface area (Å²) in [6, 6.07) is 5.31. The number of carbonyl (C=O) groups is 2. The normalized spacial score (nSPS) is 14.9. The first kappa shape index (κ1) is 18.7. The van der Waals surface area contributed by atoms with Crippen LogP contribution in [-0.4, -0.2) is 36.4 Å². The van der Waals surface area contributed by atoms with E-state index < -0.39 is 0 Å². The number of halogens is 1. The van der Waals surface area contributed by atoms with Crippen molar-refractivity contribution < 1.29 is 9.59 Å². The van der Waals surface area contributed by atoms with Crippen LogP contribution in [0.4, 0.5) is 11.4 Å². The number of nitrogens with zero attached hydrogens (tertiary/aromatic N) is 2. The minimum atomic E-state index is -0.209. The average Bonchev–Trinajstić information content (AvgIpc) is 3.05. The maximum absolute atomic E-state index is 12.4. The zero-order valence-electron chi connectivity index (χ0n) is 14.9. The van der Waals surface area contributed by atoms with Crippen LogP contribution in [0.5, 0.6) is 0 Å². The van der Waals surface area contributed by atoms with Crippen LogP contribution in [0.3, 0.4) is 0 Å². The van der Waals surface area contributed by atoms with Crippen LogP contribution in [0.2, 0.25) is 5.02 Å². The fourth-order valence-electron chi connectivity index (χ4n) is 2.60. The topological polar surface area (TPSA) is 74.3 Å². The number of amides is 2. The second kappa shape index (κ2) is 7.25. The van der Waals surface area contributed by atoms with Gasteiger partial charge in [0.2, 0.25) is 5.91 Å². The first-order valence-corrected chi connectivity index (χ1v) is 9.52. The first-order valence-electron chi connectivity index (χ1n) is 8.33. The van der Waals surface area contributed by atoms with Crippen LogP contribution in [0.25, 0.3) is 0 Å². The number of piperazine rings is 1. The van der Waals surface area contributed by atoms with Crippen LogP contribution in [0, 0.1) is 0 Å². The van der Waals surface area contributed by atoms with Gasteiger partial charge in [0.05, 0.1) is 28.5 Å². The van der Waals surface area contributed by atoms with E-state index in [9.17, 15) is 9.59 Å². The molecular formula is C18H21ClN4O2S. The summed E-state index contributed by atoms with van der Waals surface area (Å²) in [6.07, 6.45) is 1.60. The molecule has 2 N–H and O–H groups in total. The molecule has 1 aromatic carbocycles. The summed E-state index contributed by atoms with van der Waals surface area (Å²) in [5.74, 6) is -0.233. The predicted octanol–water partition coefficient (Wildman–Crippen LogP) is 3.28. The number of hydrogen-bond acceptors (Lipinski definition) is 5. The Morgan fingerprint density at radius 2 is 2.15 bits per heavy atom. The summed E-state index contributed by atoms with van der Waals surface area (Å²) >= 11 is 7.76. The molecule has 0 bridgehead atoms. The molecule has 1 aliphatic rings. The molecule has 0 atom stereocenters. The molecule has 0 spiro atoms. The molecule has 26 heavy (non-hydrogen) atoms. The van der Waals surface area contributed by atoms with Crippen LogP contribution in [0.1, 0.15) is 35.5 Å². The van der Waals surface area contributed by atoms with Gasteiger partial charge in [-0.15, -0.1) is 11.3 Å². The lowest BCUT2D eigenvalue weighted by Gasteiger charge is -2.29. The van der Waals surface area contributed by atoms with Crippen molar-refractivity contribution >= 4 is 46.1 Å². The second-order valence-corrected chi connectivity index (χ2v) is 8.61. The van der Waals surface area contributed by atoms with Gasteiger partial charge >= 0.3 is 0 Å². The number of aromatic nitrogens is 1. The summed E-state index contributed by atoms with van der Waals surface area (Å²) in [5, 5.41) is 7.05. The molecule has 1 aliphatic heterocycles. The third kappa shape index (κ3) is 4.16. The van der Waals surface area contributed by atoms with Gasteiger partial charge in [0.25, 0.3) is 5.91 Å². The number of nitrogens with one attached hydrogen (secondary N) is 2. The molecule has 0 radical (unpaired) electrons. The standard InChI is InChI=1S/C18H21ClN4O2S/c1-18(2,3)17-21-9-14(26-17)16(25)22-11-4-5-13(12(19)8-11)23-7-6-20-15(24)10-23/h4-5,8-9H,6-7,10H2,1-3H3,(H,20,24)(H,22,25). The molecule has 0 unspecified atom stereocenters. The molecular weight excluding hydrogens is 372 g/mol. The van der Waals surface area contributed by atoms with Gasteiger partial charge in [0.1, 0.15) is 4.88 Å². The smallest absolute Gasteiger partial charge is 0.267 e.